The van der Waals surface area contributed by atoms with E-state index >= 15 is 0 Å². The highest BCUT2D eigenvalue weighted by Gasteiger charge is 2.31. The summed E-state index contributed by atoms with van der Waals surface area (Å²) in [5.74, 6) is 0.671. The summed E-state index contributed by atoms with van der Waals surface area (Å²) in [5.41, 5.74) is 0.127. The van der Waals surface area contributed by atoms with Crippen molar-refractivity contribution in [1.82, 2.24) is 4.90 Å². The topological polar surface area (TPSA) is 29.5 Å². The van der Waals surface area contributed by atoms with E-state index in [1.807, 2.05) is 4.90 Å². The van der Waals surface area contributed by atoms with Crippen LogP contribution in [0.1, 0.15) is 43.2 Å². The summed E-state index contributed by atoms with van der Waals surface area (Å²) in [5, 5.41) is 0. The van der Waals surface area contributed by atoms with E-state index in [4.69, 9.17) is 4.74 Å². The van der Waals surface area contributed by atoms with Crippen LogP contribution in [-0.4, -0.2) is 37.1 Å². The fourth-order valence-corrected chi connectivity index (χ4v) is 3.98. The number of rotatable bonds is 4. The predicted molar refractivity (Wildman–Crippen MR) is 92.6 cm³/mol. The van der Waals surface area contributed by atoms with Crippen LogP contribution in [0.2, 0.25) is 0 Å². The van der Waals surface area contributed by atoms with E-state index in [2.05, 4.69) is 0 Å². The molecular weight excluding hydrogens is 343 g/mol. The summed E-state index contributed by atoms with van der Waals surface area (Å²) in [4.78, 5) is 14.6. The van der Waals surface area contributed by atoms with Gasteiger partial charge in [0.2, 0.25) is 5.91 Å². The molecule has 0 N–H and O–H groups in total. The lowest BCUT2D eigenvalue weighted by Crippen LogP contribution is -2.44. The van der Waals surface area contributed by atoms with Crippen molar-refractivity contribution in [3.05, 3.63) is 35.4 Å². The summed E-state index contributed by atoms with van der Waals surface area (Å²) in [6.07, 6.45) is 0.744. The number of aryl methyl sites for hydroxylation is 1. The third-order valence-electron chi connectivity index (χ3n) is 5.50. The van der Waals surface area contributed by atoms with E-state index < -0.39 is 11.7 Å². The zero-order valence-corrected chi connectivity index (χ0v) is 14.9. The molecule has 3 nitrogen and oxygen atoms in total. The van der Waals surface area contributed by atoms with E-state index in [9.17, 15) is 18.0 Å². The maximum Gasteiger partial charge on any atom is 0.416 e. The molecule has 2 aliphatic heterocycles. The molecule has 6 heteroatoms. The zero-order chi connectivity index (χ0) is 18.6. The number of likely N-dealkylation sites (tertiary alicyclic amines) is 1. The van der Waals surface area contributed by atoms with Gasteiger partial charge in [0.05, 0.1) is 5.56 Å². The van der Waals surface area contributed by atoms with Gasteiger partial charge in [-0.05, 0) is 56.1 Å². The highest BCUT2D eigenvalue weighted by atomic mass is 19.4. The number of alkyl halides is 3. The van der Waals surface area contributed by atoms with E-state index in [-0.39, 0.29) is 11.8 Å². The first-order valence-corrected chi connectivity index (χ1v) is 9.46. The van der Waals surface area contributed by atoms with Crippen molar-refractivity contribution in [2.24, 2.45) is 11.8 Å². The molecule has 2 fully saturated rings. The van der Waals surface area contributed by atoms with Crippen molar-refractivity contribution in [3.63, 3.8) is 0 Å². The van der Waals surface area contributed by atoms with Crippen molar-refractivity contribution in [2.45, 2.75) is 44.7 Å². The Hall–Kier alpha value is -1.56. The summed E-state index contributed by atoms with van der Waals surface area (Å²) < 4.78 is 43.8. The number of hydrogen-bond donors (Lipinski definition) is 0. The van der Waals surface area contributed by atoms with Crippen molar-refractivity contribution >= 4 is 5.91 Å². The van der Waals surface area contributed by atoms with Crippen LogP contribution in [0.3, 0.4) is 0 Å². The average molecular weight is 369 g/mol. The molecule has 0 bridgehead atoms. The Bertz CT molecular complexity index is 611. The molecule has 2 saturated heterocycles. The quantitative estimate of drug-likeness (QED) is 0.792. The molecule has 144 valence electrons. The molecule has 1 aromatic carbocycles. The van der Waals surface area contributed by atoms with Gasteiger partial charge >= 0.3 is 6.18 Å². The van der Waals surface area contributed by atoms with E-state index in [0.717, 1.165) is 51.3 Å². The van der Waals surface area contributed by atoms with Crippen LogP contribution >= 0.6 is 0 Å². The van der Waals surface area contributed by atoms with Crippen LogP contribution in [0.4, 0.5) is 13.2 Å². The zero-order valence-electron chi connectivity index (χ0n) is 14.9. The summed E-state index contributed by atoms with van der Waals surface area (Å²) >= 11 is 0. The van der Waals surface area contributed by atoms with Crippen LogP contribution in [-0.2, 0) is 22.1 Å². The molecule has 1 aromatic rings. The second-order valence-electron chi connectivity index (χ2n) is 7.42. The first kappa shape index (κ1) is 19.2. The maximum absolute atomic E-state index is 12.8. The summed E-state index contributed by atoms with van der Waals surface area (Å²) in [6, 6.07) is 5.58. The molecule has 0 radical (unpaired) electrons. The second-order valence-corrected chi connectivity index (χ2v) is 7.42. The number of carbonyl (C=O) groups is 1. The molecular formula is C20H26F3NO2. The Balaban J connectivity index is 1.53. The molecule has 2 heterocycles. The van der Waals surface area contributed by atoms with Crippen LogP contribution in [0.25, 0.3) is 0 Å². The molecule has 1 amide bonds. The Morgan fingerprint density at radius 3 is 2.69 bits per heavy atom. The minimum absolute atomic E-state index is 0.0750. The monoisotopic (exact) mass is 369 g/mol. The Morgan fingerprint density at radius 1 is 1.19 bits per heavy atom. The van der Waals surface area contributed by atoms with Gasteiger partial charge in [-0.2, -0.15) is 13.2 Å². The number of nitrogens with zero attached hydrogens (tertiary/aromatic N) is 1. The SMILES string of the molecule is O=C(C1CCOCC1)N1CCCC(CCc2cccc(C(F)(F)F)c2)C1. The number of benzene rings is 1. The third kappa shape index (κ3) is 5.00. The lowest BCUT2D eigenvalue weighted by Gasteiger charge is -2.36. The summed E-state index contributed by atoms with van der Waals surface area (Å²) in [7, 11) is 0. The Morgan fingerprint density at radius 2 is 1.96 bits per heavy atom. The highest BCUT2D eigenvalue weighted by molar-refractivity contribution is 5.79. The first-order valence-electron chi connectivity index (χ1n) is 9.46. The van der Waals surface area contributed by atoms with Crippen LogP contribution in [0.15, 0.2) is 24.3 Å². The standard InChI is InChI=1S/C20H26F3NO2/c21-20(22,23)18-5-1-3-15(13-18)6-7-16-4-2-10-24(14-16)19(25)17-8-11-26-12-9-17/h1,3,5,13,16-17H,2,4,6-12,14H2. The molecule has 0 saturated carbocycles. The lowest BCUT2D eigenvalue weighted by atomic mass is 9.90. The number of ether oxygens (including phenoxy) is 1. The molecule has 0 aliphatic carbocycles. The minimum Gasteiger partial charge on any atom is -0.381 e. The number of piperidine rings is 1. The van der Waals surface area contributed by atoms with Crippen LogP contribution in [0.5, 0.6) is 0 Å². The number of hydrogen-bond acceptors (Lipinski definition) is 2. The number of amides is 1. The van der Waals surface area contributed by atoms with Gasteiger partial charge in [0.25, 0.3) is 0 Å². The van der Waals surface area contributed by atoms with Crippen molar-refractivity contribution in [1.29, 1.82) is 0 Å². The number of halogens is 3. The largest absolute Gasteiger partial charge is 0.416 e. The van der Waals surface area contributed by atoms with Crippen molar-refractivity contribution in [3.8, 4) is 0 Å². The minimum atomic E-state index is -4.30. The van der Waals surface area contributed by atoms with Crippen LogP contribution in [0, 0.1) is 11.8 Å². The van der Waals surface area contributed by atoms with E-state index in [0.29, 0.717) is 31.1 Å². The van der Waals surface area contributed by atoms with Gasteiger partial charge in [-0.25, -0.2) is 0 Å². The van der Waals surface area contributed by atoms with Gasteiger partial charge < -0.3 is 9.64 Å². The van der Waals surface area contributed by atoms with Crippen molar-refractivity contribution in [2.75, 3.05) is 26.3 Å². The van der Waals surface area contributed by atoms with Gasteiger partial charge in [0.1, 0.15) is 0 Å². The van der Waals surface area contributed by atoms with Gasteiger partial charge in [-0.3, -0.25) is 4.79 Å². The van der Waals surface area contributed by atoms with Gasteiger partial charge in [0, 0.05) is 32.2 Å². The highest BCUT2D eigenvalue weighted by Crippen LogP contribution is 2.30. The third-order valence-corrected chi connectivity index (χ3v) is 5.50. The fraction of sp³-hybridized carbons (Fsp3) is 0.650. The molecule has 1 atom stereocenters. The normalized spacial score (nSPS) is 22.4. The maximum atomic E-state index is 12.8. The van der Waals surface area contributed by atoms with Crippen molar-refractivity contribution < 1.29 is 22.7 Å². The van der Waals surface area contributed by atoms with Crippen LogP contribution < -0.4 is 0 Å². The van der Waals surface area contributed by atoms with Gasteiger partial charge in [0.15, 0.2) is 0 Å². The second kappa shape index (κ2) is 8.42. The smallest absolute Gasteiger partial charge is 0.381 e. The molecule has 3 rings (SSSR count). The van der Waals surface area contributed by atoms with Gasteiger partial charge in [-0.1, -0.05) is 18.2 Å². The molecule has 2 aliphatic rings. The molecule has 26 heavy (non-hydrogen) atoms. The average Bonchev–Trinajstić information content (AvgIpc) is 2.66. The molecule has 1 unspecified atom stereocenters. The fourth-order valence-electron chi connectivity index (χ4n) is 3.98. The van der Waals surface area contributed by atoms with Gasteiger partial charge in [-0.15, -0.1) is 0 Å². The molecule has 0 spiro atoms. The predicted octanol–water partition coefficient (Wildman–Crippen LogP) is 4.30. The van der Waals surface area contributed by atoms with E-state index in [1.165, 1.54) is 12.1 Å². The summed E-state index contributed by atoms with van der Waals surface area (Å²) in [6.45, 7) is 2.85. The molecule has 0 aromatic heterocycles. The lowest BCUT2D eigenvalue weighted by molar-refractivity contribution is -0.140. The first-order chi connectivity index (χ1) is 12.4. The Kier molecular flexibility index (Phi) is 6.22. The number of carbonyl (C=O) groups excluding carboxylic acids is 1. The Labute approximate surface area is 152 Å². The van der Waals surface area contributed by atoms with E-state index in [1.54, 1.807) is 6.07 Å².